The van der Waals surface area contributed by atoms with Crippen LogP contribution in [0.15, 0.2) is 0 Å². The second kappa shape index (κ2) is 7.02. The third-order valence-electron chi connectivity index (χ3n) is 1.41. The molecule has 0 atom stereocenters. The SMILES string of the molecule is C[N+](C)(CCO)CCO.F[B-](F)(F)F. The van der Waals surface area contributed by atoms with E-state index < -0.39 is 7.25 Å². The van der Waals surface area contributed by atoms with Gasteiger partial charge >= 0.3 is 7.25 Å². The number of hydrogen-bond acceptors (Lipinski definition) is 2. The van der Waals surface area contributed by atoms with E-state index in [0.29, 0.717) is 17.6 Å². The maximum atomic E-state index is 9.75. The van der Waals surface area contributed by atoms with Crippen LogP contribution in [0.3, 0.4) is 0 Å². The van der Waals surface area contributed by atoms with Crippen molar-refractivity contribution in [2.45, 2.75) is 0 Å². The van der Waals surface area contributed by atoms with E-state index in [9.17, 15) is 17.3 Å². The summed E-state index contributed by atoms with van der Waals surface area (Å²) in [6, 6.07) is 0. The third-order valence-corrected chi connectivity index (χ3v) is 1.41. The van der Waals surface area contributed by atoms with E-state index in [4.69, 9.17) is 10.2 Å². The number of rotatable bonds is 4. The summed E-state index contributed by atoms with van der Waals surface area (Å²) >= 11 is 0. The maximum absolute atomic E-state index is 9.75. The lowest BCUT2D eigenvalue weighted by molar-refractivity contribution is -0.890. The Kier molecular flexibility index (Phi) is 8.08. The fraction of sp³-hybridized carbons (Fsp3) is 1.00. The molecule has 0 heterocycles. The summed E-state index contributed by atoms with van der Waals surface area (Å²) in [6.07, 6.45) is 0. The van der Waals surface area contributed by atoms with Crippen LogP contribution in [0.25, 0.3) is 0 Å². The zero-order valence-electron chi connectivity index (χ0n) is 8.26. The molecule has 8 heteroatoms. The first-order valence-corrected chi connectivity index (χ1v) is 4.03. The van der Waals surface area contributed by atoms with Gasteiger partial charge in [0, 0.05) is 0 Å². The number of likely N-dealkylation sites (N-methyl/N-ethyl adjacent to an activating group) is 1. The van der Waals surface area contributed by atoms with Crippen molar-refractivity contribution in [2.24, 2.45) is 0 Å². The first-order chi connectivity index (χ1) is 6.12. The van der Waals surface area contributed by atoms with Crippen molar-refractivity contribution in [3.05, 3.63) is 0 Å². The summed E-state index contributed by atoms with van der Waals surface area (Å²) in [6.45, 7) is 1.79. The van der Waals surface area contributed by atoms with Gasteiger partial charge in [0.05, 0.1) is 27.3 Å². The average molecular weight is 221 g/mol. The van der Waals surface area contributed by atoms with Crippen molar-refractivity contribution in [1.82, 2.24) is 0 Å². The van der Waals surface area contributed by atoms with E-state index in [1.807, 2.05) is 14.1 Å². The fourth-order valence-corrected chi connectivity index (χ4v) is 0.653. The zero-order valence-corrected chi connectivity index (χ0v) is 8.26. The summed E-state index contributed by atoms with van der Waals surface area (Å²) < 4.78 is 39.7. The molecule has 0 saturated carbocycles. The van der Waals surface area contributed by atoms with Crippen molar-refractivity contribution in [3.8, 4) is 0 Å². The standard InChI is InChI=1S/C6H16NO2.BF4/c1-7(2,3-5-8)4-6-9;2-1(3,4)5/h8-9H,3-6H2,1-2H3;/q+1;-1. The molecule has 0 aliphatic rings. The first kappa shape index (κ1) is 16.1. The largest absolute Gasteiger partial charge is 0.673 e. The third kappa shape index (κ3) is 22.6. The van der Waals surface area contributed by atoms with Crippen LogP contribution in [0.1, 0.15) is 0 Å². The van der Waals surface area contributed by atoms with Gasteiger partial charge in [0.25, 0.3) is 0 Å². The quantitative estimate of drug-likeness (QED) is 0.408. The molecule has 0 saturated heterocycles. The van der Waals surface area contributed by atoms with Crippen LogP contribution >= 0.6 is 0 Å². The number of halogens is 4. The molecule has 0 unspecified atom stereocenters. The summed E-state index contributed by atoms with van der Waals surface area (Å²) in [4.78, 5) is 0. The van der Waals surface area contributed by atoms with Crippen LogP contribution < -0.4 is 0 Å². The number of hydrogen-bond donors (Lipinski definition) is 2. The van der Waals surface area contributed by atoms with Crippen LogP contribution in [0.4, 0.5) is 17.3 Å². The molecule has 0 aliphatic heterocycles. The minimum Gasteiger partial charge on any atom is -0.418 e. The molecular formula is C6H16BF4NO2. The zero-order chi connectivity index (χ0) is 11.8. The lowest BCUT2D eigenvalue weighted by atomic mass is 10.3. The average Bonchev–Trinajstić information content (AvgIpc) is 1.81. The smallest absolute Gasteiger partial charge is 0.418 e. The molecule has 0 aromatic carbocycles. The Morgan fingerprint density at radius 2 is 1.14 bits per heavy atom. The Morgan fingerprint density at radius 3 is 1.29 bits per heavy atom. The molecule has 0 aliphatic carbocycles. The van der Waals surface area contributed by atoms with Crippen molar-refractivity contribution in [2.75, 3.05) is 40.4 Å². The molecule has 0 bridgehead atoms. The van der Waals surface area contributed by atoms with E-state index in [-0.39, 0.29) is 13.2 Å². The monoisotopic (exact) mass is 221 g/mol. The Hall–Kier alpha value is -0.335. The first-order valence-electron chi connectivity index (χ1n) is 4.03. The van der Waals surface area contributed by atoms with Crippen LogP contribution in [0, 0.1) is 0 Å². The molecule has 0 amide bonds. The molecule has 0 rings (SSSR count). The fourth-order valence-electron chi connectivity index (χ4n) is 0.653. The van der Waals surface area contributed by atoms with E-state index in [2.05, 4.69) is 0 Å². The molecule has 2 N–H and O–H groups in total. The Balaban J connectivity index is 0. The highest BCUT2D eigenvalue weighted by Crippen LogP contribution is 2.06. The minimum atomic E-state index is -6.00. The highest BCUT2D eigenvalue weighted by molar-refractivity contribution is 6.50. The van der Waals surface area contributed by atoms with Crippen LogP contribution in [0.5, 0.6) is 0 Å². The van der Waals surface area contributed by atoms with Crippen LogP contribution in [-0.4, -0.2) is 62.3 Å². The Morgan fingerprint density at radius 1 is 0.929 bits per heavy atom. The van der Waals surface area contributed by atoms with Crippen LogP contribution in [-0.2, 0) is 0 Å². The van der Waals surface area contributed by atoms with Crippen molar-refractivity contribution in [1.29, 1.82) is 0 Å². The molecule has 3 nitrogen and oxygen atoms in total. The number of aliphatic hydroxyl groups is 2. The van der Waals surface area contributed by atoms with E-state index in [0.717, 1.165) is 0 Å². The molecule has 88 valence electrons. The minimum absolute atomic E-state index is 0.188. The lowest BCUT2D eigenvalue weighted by Crippen LogP contribution is -2.43. The lowest BCUT2D eigenvalue weighted by Gasteiger charge is -2.27. The Labute approximate surface area is 80.6 Å². The van der Waals surface area contributed by atoms with E-state index >= 15 is 0 Å². The molecule has 0 radical (unpaired) electrons. The molecule has 0 aromatic heterocycles. The van der Waals surface area contributed by atoms with E-state index in [1.54, 1.807) is 0 Å². The highest BCUT2D eigenvalue weighted by atomic mass is 19.5. The van der Waals surface area contributed by atoms with Gasteiger partial charge < -0.3 is 32.0 Å². The second-order valence-corrected chi connectivity index (χ2v) is 3.33. The summed E-state index contributed by atoms with van der Waals surface area (Å²) in [5.74, 6) is 0. The molecule has 0 spiro atoms. The van der Waals surface area contributed by atoms with Crippen molar-refractivity contribution < 1.29 is 32.0 Å². The predicted molar refractivity (Wildman–Crippen MR) is 46.2 cm³/mol. The summed E-state index contributed by atoms with van der Waals surface area (Å²) in [5, 5.41) is 17.1. The predicted octanol–water partition coefficient (Wildman–Crippen LogP) is 0.347. The van der Waals surface area contributed by atoms with Crippen LogP contribution in [0.2, 0.25) is 0 Å². The molecule has 0 aromatic rings. The van der Waals surface area contributed by atoms with Crippen molar-refractivity contribution >= 4 is 7.25 Å². The van der Waals surface area contributed by atoms with Gasteiger partial charge in [-0.3, -0.25) is 0 Å². The van der Waals surface area contributed by atoms with Gasteiger partial charge in [0.15, 0.2) is 0 Å². The topological polar surface area (TPSA) is 40.5 Å². The Bertz CT molecular complexity index is 128. The van der Waals surface area contributed by atoms with E-state index in [1.165, 1.54) is 0 Å². The van der Waals surface area contributed by atoms with Gasteiger partial charge in [-0.2, -0.15) is 0 Å². The molecule has 0 fully saturated rings. The van der Waals surface area contributed by atoms with Gasteiger partial charge in [0.1, 0.15) is 13.1 Å². The van der Waals surface area contributed by atoms with Gasteiger partial charge in [-0.15, -0.1) is 0 Å². The normalized spacial score (nSPS) is 12.0. The molecule has 14 heavy (non-hydrogen) atoms. The summed E-state index contributed by atoms with van der Waals surface area (Å²) in [7, 11) is -2.04. The summed E-state index contributed by atoms with van der Waals surface area (Å²) in [5.41, 5.74) is 0. The second-order valence-electron chi connectivity index (χ2n) is 3.33. The highest BCUT2D eigenvalue weighted by Gasteiger charge is 2.20. The van der Waals surface area contributed by atoms with Gasteiger partial charge in [-0.25, -0.2) is 0 Å². The number of quaternary nitrogens is 1. The van der Waals surface area contributed by atoms with Gasteiger partial charge in [-0.05, 0) is 0 Å². The maximum Gasteiger partial charge on any atom is 0.673 e. The molecular weight excluding hydrogens is 205 g/mol. The van der Waals surface area contributed by atoms with Gasteiger partial charge in [0.2, 0.25) is 0 Å². The number of aliphatic hydroxyl groups excluding tert-OH is 2. The van der Waals surface area contributed by atoms with Gasteiger partial charge in [-0.1, -0.05) is 0 Å². The number of nitrogens with zero attached hydrogens (tertiary/aromatic N) is 1. The van der Waals surface area contributed by atoms with Crippen molar-refractivity contribution in [3.63, 3.8) is 0 Å².